The summed E-state index contributed by atoms with van der Waals surface area (Å²) < 4.78 is 0. The summed E-state index contributed by atoms with van der Waals surface area (Å²) in [5.41, 5.74) is 4.69. The van der Waals surface area contributed by atoms with E-state index in [0.717, 1.165) is 12.0 Å². The third kappa shape index (κ3) is 2.26. The molecule has 0 spiro atoms. The summed E-state index contributed by atoms with van der Waals surface area (Å²) in [5, 5.41) is 9.30. The van der Waals surface area contributed by atoms with Crippen molar-refractivity contribution in [2.24, 2.45) is 11.8 Å². The number of aryl methyl sites for hydroxylation is 1. The lowest BCUT2D eigenvalue weighted by Gasteiger charge is -2.17. The van der Waals surface area contributed by atoms with Gasteiger partial charge in [0.2, 0.25) is 0 Å². The first kappa shape index (κ1) is 11.9. The molecule has 0 amide bonds. The van der Waals surface area contributed by atoms with E-state index in [4.69, 9.17) is 0 Å². The number of rotatable bonds is 3. The van der Waals surface area contributed by atoms with Gasteiger partial charge in [0.15, 0.2) is 0 Å². The predicted molar refractivity (Wildman–Crippen MR) is 68.8 cm³/mol. The Labute approximate surface area is 102 Å². The zero-order valence-corrected chi connectivity index (χ0v) is 10.5. The highest BCUT2D eigenvalue weighted by Crippen LogP contribution is 2.33. The van der Waals surface area contributed by atoms with Crippen molar-refractivity contribution >= 4 is 12.0 Å². The molecule has 0 heterocycles. The van der Waals surface area contributed by atoms with E-state index in [9.17, 15) is 9.90 Å². The van der Waals surface area contributed by atoms with Crippen LogP contribution in [-0.4, -0.2) is 11.1 Å². The minimum Gasteiger partial charge on any atom is -0.481 e. The van der Waals surface area contributed by atoms with Crippen molar-refractivity contribution in [2.75, 3.05) is 0 Å². The normalized spacial score (nSPS) is 15.6. The fourth-order valence-corrected chi connectivity index (χ4v) is 2.55. The number of fused-ring (bicyclic) bond motifs is 1. The molecule has 1 aromatic carbocycles. The van der Waals surface area contributed by atoms with Gasteiger partial charge in [-0.1, -0.05) is 49.3 Å². The van der Waals surface area contributed by atoms with Gasteiger partial charge >= 0.3 is 5.97 Å². The summed E-state index contributed by atoms with van der Waals surface area (Å²) in [6.45, 7) is 5.99. The maximum atomic E-state index is 11.3. The number of aliphatic carboxylic acids is 1. The fourth-order valence-electron chi connectivity index (χ4n) is 2.55. The molecular formula is C15H18O2. The molecule has 2 rings (SSSR count). The average Bonchev–Trinajstić information content (AvgIpc) is 2.58. The lowest BCUT2D eigenvalue weighted by Crippen LogP contribution is -2.22. The third-order valence-electron chi connectivity index (χ3n) is 3.37. The van der Waals surface area contributed by atoms with Crippen LogP contribution in [0.25, 0.3) is 6.08 Å². The second-order valence-corrected chi connectivity index (χ2v) is 5.16. The molecular weight excluding hydrogens is 212 g/mol. The van der Waals surface area contributed by atoms with Crippen LogP contribution in [0.1, 0.15) is 30.5 Å². The molecule has 1 unspecified atom stereocenters. The molecule has 0 radical (unpaired) electrons. The number of carboxylic acid groups (broad SMARTS) is 1. The Bertz CT molecular complexity index is 484. The number of hydrogen-bond acceptors (Lipinski definition) is 1. The van der Waals surface area contributed by atoms with Crippen LogP contribution in [0.5, 0.6) is 0 Å². The highest BCUT2D eigenvalue weighted by molar-refractivity contribution is 5.79. The highest BCUT2D eigenvalue weighted by Gasteiger charge is 2.28. The molecule has 1 aliphatic carbocycles. The maximum Gasteiger partial charge on any atom is 0.310 e. The van der Waals surface area contributed by atoms with Gasteiger partial charge in [0.25, 0.3) is 0 Å². The van der Waals surface area contributed by atoms with Crippen LogP contribution in [0.4, 0.5) is 0 Å². The zero-order chi connectivity index (χ0) is 12.6. The Morgan fingerprint density at radius 3 is 2.65 bits per heavy atom. The van der Waals surface area contributed by atoms with Crippen molar-refractivity contribution in [3.05, 3.63) is 40.5 Å². The molecule has 1 N–H and O–H groups in total. The lowest BCUT2D eigenvalue weighted by molar-refractivity contribution is -0.141. The maximum absolute atomic E-state index is 11.3. The molecule has 0 saturated heterocycles. The van der Waals surface area contributed by atoms with Gasteiger partial charge in [0, 0.05) is 0 Å². The molecule has 2 heteroatoms. The first-order valence-electron chi connectivity index (χ1n) is 6.02. The van der Waals surface area contributed by atoms with E-state index in [1.54, 1.807) is 0 Å². The minimum atomic E-state index is -0.712. The van der Waals surface area contributed by atoms with Gasteiger partial charge in [-0.2, -0.15) is 0 Å². The summed E-state index contributed by atoms with van der Waals surface area (Å²) in [7, 11) is 0. The molecule has 0 saturated carbocycles. The third-order valence-corrected chi connectivity index (χ3v) is 3.37. The molecule has 0 bridgehead atoms. The van der Waals surface area contributed by atoms with Crippen molar-refractivity contribution in [1.82, 2.24) is 0 Å². The second kappa shape index (κ2) is 4.36. The van der Waals surface area contributed by atoms with Crippen molar-refractivity contribution in [2.45, 2.75) is 27.2 Å². The van der Waals surface area contributed by atoms with Crippen molar-refractivity contribution < 1.29 is 9.90 Å². The summed E-state index contributed by atoms with van der Waals surface area (Å²) in [5.74, 6) is -0.937. The van der Waals surface area contributed by atoms with Gasteiger partial charge in [-0.05, 0) is 30.4 Å². The van der Waals surface area contributed by atoms with Crippen LogP contribution < -0.4 is 0 Å². The van der Waals surface area contributed by atoms with Crippen LogP contribution in [0, 0.1) is 18.8 Å². The van der Waals surface area contributed by atoms with Crippen molar-refractivity contribution in [1.29, 1.82) is 0 Å². The van der Waals surface area contributed by atoms with Crippen LogP contribution >= 0.6 is 0 Å². The standard InChI is InChI=1S/C15H18O2/c1-9(2)14(15(16)17)13-7-11-5-4-10(3)6-12(11)8-13/h4-6,8-9,14H,7H2,1-3H3,(H,16,17). The number of benzene rings is 1. The first-order valence-corrected chi connectivity index (χ1v) is 6.02. The van der Waals surface area contributed by atoms with Crippen LogP contribution in [-0.2, 0) is 11.2 Å². The summed E-state index contributed by atoms with van der Waals surface area (Å²) in [4.78, 5) is 11.3. The van der Waals surface area contributed by atoms with Crippen LogP contribution in [0.2, 0.25) is 0 Å². The monoisotopic (exact) mass is 230 g/mol. The summed E-state index contributed by atoms with van der Waals surface area (Å²) in [6.07, 6.45) is 2.84. The SMILES string of the molecule is Cc1ccc2c(c1)C=C(C(C(=O)O)C(C)C)C2. The van der Waals surface area contributed by atoms with Gasteiger partial charge in [-0.3, -0.25) is 4.79 Å². The Hall–Kier alpha value is -1.57. The van der Waals surface area contributed by atoms with E-state index in [-0.39, 0.29) is 11.8 Å². The molecule has 0 aliphatic heterocycles. The smallest absolute Gasteiger partial charge is 0.310 e. The Morgan fingerprint density at radius 1 is 1.35 bits per heavy atom. The van der Waals surface area contributed by atoms with E-state index >= 15 is 0 Å². The van der Waals surface area contributed by atoms with Gasteiger partial charge < -0.3 is 5.11 Å². The molecule has 1 aliphatic rings. The van der Waals surface area contributed by atoms with Gasteiger partial charge in [-0.15, -0.1) is 0 Å². The van der Waals surface area contributed by atoms with Gasteiger partial charge in [0.1, 0.15) is 0 Å². The molecule has 1 atom stereocenters. The molecule has 1 aromatic rings. The van der Waals surface area contributed by atoms with E-state index in [0.29, 0.717) is 0 Å². The molecule has 90 valence electrons. The Kier molecular flexibility index (Phi) is 3.05. The van der Waals surface area contributed by atoms with E-state index in [1.807, 2.05) is 13.8 Å². The number of carbonyl (C=O) groups is 1. The van der Waals surface area contributed by atoms with Gasteiger partial charge in [-0.25, -0.2) is 0 Å². The second-order valence-electron chi connectivity index (χ2n) is 5.16. The molecule has 0 fully saturated rings. The Morgan fingerprint density at radius 2 is 2.06 bits per heavy atom. The fraction of sp³-hybridized carbons (Fsp3) is 0.400. The lowest BCUT2D eigenvalue weighted by atomic mass is 9.87. The van der Waals surface area contributed by atoms with E-state index < -0.39 is 5.97 Å². The van der Waals surface area contributed by atoms with Crippen LogP contribution in [0.3, 0.4) is 0 Å². The predicted octanol–water partition coefficient (Wildman–Crippen LogP) is 3.29. The molecule has 17 heavy (non-hydrogen) atoms. The summed E-state index contributed by atoms with van der Waals surface area (Å²) in [6, 6.07) is 6.32. The largest absolute Gasteiger partial charge is 0.481 e. The Balaban J connectivity index is 2.33. The van der Waals surface area contributed by atoms with E-state index in [2.05, 4.69) is 31.2 Å². The zero-order valence-electron chi connectivity index (χ0n) is 10.5. The van der Waals surface area contributed by atoms with Crippen molar-refractivity contribution in [3.63, 3.8) is 0 Å². The molecule has 2 nitrogen and oxygen atoms in total. The highest BCUT2D eigenvalue weighted by atomic mass is 16.4. The van der Waals surface area contributed by atoms with Crippen molar-refractivity contribution in [3.8, 4) is 0 Å². The quantitative estimate of drug-likeness (QED) is 0.865. The summed E-state index contributed by atoms with van der Waals surface area (Å²) >= 11 is 0. The average molecular weight is 230 g/mol. The van der Waals surface area contributed by atoms with Gasteiger partial charge in [0.05, 0.1) is 5.92 Å². The van der Waals surface area contributed by atoms with Crippen LogP contribution in [0.15, 0.2) is 23.8 Å². The topological polar surface area (TPSA) is 37.3 Å². The minimum absolute atomic E-state index is 0.133. The van der Waals surface area contributed by atoms with E-state index in [1.165, 1.54) is 16.7 Å². The molecule has 0 aromatic heterocycles. The number of hydrogen-bond donors (Lipinski definition) is 1. The first-order chi connectivity index (χ1) is 7.99. The number of carboxylic acids is 1.